The van der Waals surface area contributed by atoms with Crippen LogP contribution < -0.4 is 5.32 Å². The second-order valence-corrected chi connectivity index (χ2v) is 4.42. The van der Waals surface area contributed by atoms with E-state index in [2.05, 4.69) is 10.4 Å². The standard InChI is InChI=1S/C15H14FN3/c1-17-9-12-8-13(16)6-7-15(12)19-14-5-3-2-4-11(14)10-18-19/h2-8,10,17H,9H2,1H3. The number of nitrogens with one attached hydrogen (secondary N) is 1. The highest BCUT2D eigenvalue weighted by atomic mass is 19.1. The van der Waals surface area contributed by atoms with Crippen LogP contribution >= 0.6 is 0 Å². The van der Waals surface area contributed by atoms with Crippen LogP contribution in [0.5, 0.6) is 0 Å². The summed E-state index contributed by atoms with van der Waals surface area (Å²) >= 11 is 0. The molecule has 0 amide bonds. The number of hydrogen-bond donors (Lipinski definition) is 1. The fourth-order valence-electron chi connectivity index (χ4n) is 2.26. The van der Waals surface area contributed by atoms with Crippen LogP contribution in [0.4, 0.5) is 4.39 Å². The number of para-hydroxylation sites is 1. The van der Waals surface area contributed by atoms with E-state index in [1.807, 2.05) is 42.2 Å². The van der Waals surface area contributed by atoms with Gasteiger partial charge in [0.2, 0.25) is 0 Å². The first-order valence-electron chi connectivity index (χ1n) is 6.16. The van der Waals surface area contributed by atoms with Gasteiger partial charge in [0, 0.05) is 11.9 Å². The molecule has 0 saturated heterocycles. The molecule has 3 nitrogen and oxygen atoms in total. The van der Waals surface area contributed by atoms with Crippen LogP contribution in [0.15, 0.2) is 48.7 Å². The number of nitrogens with zero attached hydrogens (tertiary/aromatic N) is 2. The maximum absolute atomic E-state index is 13.4. The summed E-state index contributed by atoms with van der Waals surface area (Å²) in [6, 6.07) is 12.7. The second-order valence-electron chi connectivity index (χ2n) is 4.42. The third-order valence-corrected chi connectivity index (χ3v) is 3.11. The van der Waals surface area contributed by atoms with E-state index in [0.717, 1.165) is 22.2 Å². The summed E-state index contributed by atoms with van der Waals surface area (Å²) in [5.41, 5.74) is 2.81. The average molecular weight is 255 g/mol. The Bertz CT molecular complexity index is 718. The lowest BCUT2D eigenvalue weighted by molar-refractivity contribution is 0.622. The van der Waals surface area contributed by atoms with Gasteiger partial charge in [-0.25, -0.2) is 9.07 Å². The van der Waals surface area contributed by atoms with Crippen molar-refractivity contribution < 1.29 is 4.39 Å². The van der Waals surface area contributed by atoms with Gasteiger partial charge in [0.25, 0.3) is 0 Å². The third kappa shape index (κ3) is 2.11. The van der Waals surface area contributed by atoms with E-state index < -0.39 is 0 Å². The van der Waals surface area contributed by atoms with Gasteiger partial charge in [-0.3, -0.25) is 0 Å². The summed E-state index contributed by atoms with van der Waals surface area (Å²) in [4.78, 5) is 0. The van der Waals surface area contributed by atoms with Gasteiger partial charge in [-0.1, -0.05) is 18.2 Å². The topological polar surface area (TPSA) is 29.9 Å². The minimum Gasteiger partial charge on any atom is -0.316 e. The van der Waals surface area contributed by atoms with Crippen LogP contribution in [-0.2, 0) is 6.54 Å². The molecule has 2 aromatic carbocycles. The lowest BCUT2D eigenvalue weighted by Crippen LogP contribution is -2.10. The van der Waals surface area contributed by atoms with Crippen LogP contribution in [0.25, 0.3) is 16.6 Å². The molecular weight excluding hydrogens is 241 g/mol. The first kappa shape index (κ1) is 11.9. The van der Waals surface area contributed by atoms with E-state index in [0.29, 0.717) is 6.54 Å². The Morgan fingerprint density at radius 1 is 1.21 bits per heavy atom. The molecule has 0 spiro atoms. The lowest BCUT2D eigenvalue weighted by Gasteiger charge is -2.10. The minimum atomic E-state index is -0.231. The Morgan fingerprint density at radius 2 is 2.05 bits per heavy atom. The van der Waals surface area contributed by atoms with Crippen molar-refractivity contribution in [1.29, 1.82) is 0 Å². The predicted molar refractivity (Wildman–Crippen MR) is 73.8 cm³/mol. The molecule has 3 rings (SSSR count). The zero-order chi connectivity index (χ0) is 13.2. The number of benzene rings is 2. The zero-order valence-electron chi connectivity index (χ0n) is 10.6. The largest absolute Gasteiger partial charge is 0.316 e. The van der Waals surface area contributed by atoms with Crippen LogP contribution in [0.3, 0.4) is 0 Å². The highest BCUT2D eigenvalue weighted by molar-refractivity contribution is 5.80. The molecule has 0 unspecified atom stereocenters. The predicted octanol–water partition coefficient (Wildman–Crippen LogP) is 2.88. The molecule has 0 atom stereocenters. The molecular formula is C15H14FN3. The first-order valence-corrected chi connectivity index (χ1v) is 6.16. The smallest absolute Gasteiger partial charge is 0.123 e. The summed E-state index contributed by atoms with van der Waals surface area (Å²) in [5, 5.41) is 8.53. The summed E-state index contributed by atoms with van der Waals surface area (Å²) in [6.07, 6.45) is 1.82. The average Bonchev–Trinajstić information content (AvgIpc) is 2.83. The Kier molecular flexibility index (Phi) is 3.01. The first-order chi connectivity index (χ1) is 9.29. The Hall–Kier alpha value is -2.20. The van der Waals surface area contributed by atoms with Crippen molar-refractivity contribution in [1.82, 2.24) is 15.1 Å². The van der Waals surface area contributed by atoms with Gasteiger partial charge < -0.3 is 5.32 Å². The van der Waals surface area contributed by atoms with Crippen molar-refractivity contribution >= 4 is 10.9 Å². The van der Waals surface area contributed by atoms with Crippen LogP contribution in [0.2, 0.25) is 0 Å². The lowest BCUT2D eigenvalue weighted by atomic mass is 10.1. The number of hydrogen-bond acceptors (Lipinski definition) is 2. The molecule has 0 fully saturated rings. The molecule has 1 aromatic heterocycles. The third-order valence-electron chi connectivity index (χ3n) is 3.11. The van der Waals surface area contributed by atoms with Gasteiger partial charge in [-0.2, -0.15) is 5.10 Å². The van der Waals surface area contributed by atoms with E-state index in [-0.39, 0.29) is 5.82 Å². The molecule has 4 heteroatoms. The zero-order valence-corrected chi connectivity index (χ0v) is 10.6. The fraction of sp³-hybridized carbons (Fsp3) is 0.133. The molecule has 0 aliphatic carbocycles. The van der Waals surface area contributed by atoms with E-state index >= 15 is 0 Å². The Balaban J connectivity index is 2.21. The molecule has 0 saturated carbocycles. The molecule has 0 radical (unpaired) electrons. The summed E-state index contributed by atoms with van der Waals surface area (Å²) in [6.45, 7) is 0.598. The van der Waals surface area contributed by atoms with Gasteiger partial charge in [0.1, 0.15) is 5.82 Å². The van der Waals surface area contributed by atoms with E-state index in [1.165, 1.54) is 6.07 Å². The van der Waals surface area contributed by atoms with Crippen molar-refractivity contribution in [2.24, 2.45) is 0 Å². The normalized spacial score (nSPS) is 11.1. The van der Waals surface area contributed by atoms with Crippen LogP contribution in [0, 0.1) is 5.82 Å². The van der Waals surface area contributed by atoms with Crippen molar-refractivity contribution in [3.63, 3.8) is 0 Å². The Labute approximate surface area is 110 Å². The number of aromatic nitrogens is 2. The van der Waals surface area contributed by atoms with Gasteiger partial charge in [-0.15, -0.1) is 0 Å². The quantitative estimate of drug-likeness (QED) is 0.780. The summed E-state index contributed by atoms with van der Waals surface area (Å²) in [7, 11) is 1.84. The highest BCUT2D eigenvalue weighted by Gasteiger charge is 2.09. The molecule has 96 valence electrons. The minimum absolute atomic E-state index is 0.231. The van der Waals surface area contributed by atoms with Gasteiger partial charge in [-0.05, 0) is 36.9 Å². The van der Waals surface area contributed by atoms with E-state index in [1.54, 1.807) is 12.1 Å². The van der Waals surface area contributed by atoms with Crippen LogP contribution in [0.1, 0.15) is 5.56 Å². The van der Waals surface area contributed by atoms with Gasteiger partial charge in [0.15, 0.2) is 0 Å². The van der Waals surface area contributed by atoms with Crippen molar-refractivity contribution in [2.45, 2.75) is 6.54 Å². The molecule has 0 aliphatic rings. The summed E-state index contributed by atoms with van der Waals surface area (Å²) < 4.78 is 15.2. The monoisotopic (exact) mass is 255 g/mol. The molecule has 19 heavy (non-hydrogen) atoms. The van der Waals surface area contributed by atoms with Gasteiger partial charge >= 0.3 is 0 Å². The maximum Gasteiger partial charge on any atom is 0.123 e. The highest BCUT2D eigenvalue weighted by Crippen LogP contribution is 2.21. The molecule has 1 N–H and O–H groups in total. The molecule has 1 heterocycles. The van der Waals surface area contributed by atoms with Crippen molar-refractivity contribution in [3.05, 3.63) is 60.0 Å². The Morgan fingerprint density at radius 3 is 2.89 bits per heavy atom. The van der Waals surface area contributed by atoms with Crippen LogP contribution in [-0.4, -0.2) is 16.8 Å². The van der Waals surface area contributed by atoms with E-state index in [4.69, 9.17) is 0 Å². The fourth-order valence-corrected chi connectivity index (χ4v) is 2.26. The maximum atomic E-state index is 13.4. The number of fused-ring (bicyclic) bond motifs is 1. The SMILES string of the molecule is CNCc1cc(F)ccc1-n1ncc2ccccc21. The number of halogens is 1. The molecule has 3 aromatic rings. The van der Waals surface area contributed by atoms with Crippen molar-refractivity contribution in [2.75, 3.05) is 7.05 Å². The molecule has 0 aliphatic heterocycles. The number of rotatable bonds is 3. The summed E-state index contributed by atoms with van der Waals surface area (Å²) in [5.74, 6) is -0.231. The van der Waals surface area contributed by atoms with Crippen molar-refractivity contribution in [3.8, 4) is 5.69 Å². The second kappa shape index (κ2) is 4.82. The van der Waals surface area contributed by atoms with E-state index in [9.17, 15) is 4.39 Å². The molecule has 0 bridgehead atoms. The van der Waals surface area contributed by atoms with Gasteiger partial charge in [0.05, 0.1) is 17.4 Å².